The van der Waals surface area contributed by atoms with Crippen LogP contribution < -0.4 is 10.2 Å². The number of carbonyl (C=O) groups is 2. The smallest absolute Gasteiger partial charge is 0.249 e. The number of amides is 2. The van der Waals surface area contributed by atoms with E-state index in [0.29, 0.717) is 25.8 Å². The minimum absolute atomic E-state index is 0.0638. The number of anilines is 1. The molecule has 0 radical (unpaired) electrons. The summed E-state index contributed by atoms with van der Waals surface area (Å²) in [6, 6.07) is 9.43. The Bertz CT molecular complexity index is 696. The van der Waals surface area contributed by atoms with Crippen molar-refractivity contribution >= 4 is 17.5 Å². The van der Waals surface area contributed by atoms with Crippen molar-refractivity contribution < 1.29 is 9.59 Å². The SMILES string of the molecule is Cn1cc(N2CC[C@H](NC(=O)CCc3ccccc3)C2=O)cn1. The van der Waals surface area contributed by atoms with Gasteiger partial charge in [-0.3, -0.25) is 14.3 Å². The molecule has 2 heterocycles. The molecule has 1 aromatic carbocycles. The topological polar surface area (TPSA) is 67.2 Å². The summed E-state index contributed by atoms with van der Waals surface area (Å²) in [5.74, 6) is -0.147. The highest BCUT2D eigenvalue weighted by molar-refractivity contribution is 6.01. The van der Waals surface area contributed by atoms with Gasteiger partial charge in [0.1, 0.15) is 6.04 Å². The first-order chi connectivity index (χ1) is 11.1. The van der Waals surface area contributed by atoms with Crippen molar-refractivity contribution in [2.24, 2.45) is 7.05 Å². The van der Waals surface area contributed by atoms with Crippen LogP contribution in [-0.2, 0) is 23.1 Å². The van der Waals surface area contributed by atoms with Crippen molar-refractivity contribution in [2.45, 2.75) is 25.3 Å². The molecule has 0 saturated carbocycles. The third kappa shape index (κ3) is 3.59. The normalized spacial score (nSPS) is 17.5. The maximum atomic E-state index is 12.4. The average Bonchev–Trinajstić information content (AvgIpc) is 3.13. The first kappa shape index (κ1) is 15.3. The summed E-state index contributed by atoms with van der Waals surface area (Å²) in [6.07, 6.45) is 5.17. The number of rotatable bonds is 5. The molecule has 2 aromatic rings. The molecule has 1 aliphatic rings. The van der Waals surface area contributed by atoms with Gasteiger partial charge in [0.2, 0.25) is 11.8 Å². The molecule has 0 bridgehead atoms. The Morgan fingerprint density at radius 1 is 1.35 bits per heavy atom. The van der Waals surface area contributed by atoms with Gasteiger partial charge in [-0.1, -0.05) is 30.3 Å². The number of benzene rings is 1. The van der Waals surface area contributed by atoms with Crippen molar-refractivity contribution in [2.75, 3.05) is 11.4 Å². The highest BCUT2D eigenvalue weighted by Gasteiger charge is 2.33. The zero-order valence-electron chi connectivity index (χ0n) is 13.1. The van der Waals surface area contributed by atoms with E-state index in [2.05, 4.69) is 10.4 Å². The monoisotopic (exact) mass is 312 g/mol. The van der Waals surface area contributed by atoms with E-state index in [0.717, 1.165) is 11.3 Å². The van der Waals surface area contributed by atoms with Gasteiger partial charge >= 0.3 is 0 Å². The van der Waals surface area contributed by atoms with Gasteiger partial charge in [-0.15, -0.1) is 0 Å². The second kappa shape index (κ2) is 6.64. The van der Waals surface area contributed by atoms with Crippen molar-refractivity contribution in [1.82, 2.24) is 15.1 Å². The fraction of sp³-hybridized carbons (Fsp3) is 0.353. The van der Waals surface area contributed by atoms with Gasteiger partial charge in [-0.25, -0.2) is 0 Å². The zero-order valence-corrected chi connectivity index (χ0v) is 13.1. The van der Waals surface area contributed by atoms with Crippen LogP contribution in [0.4, 0.5) is 5.69 Å². The lowest BCUT2D eigenvalue weighted by molar-refractivity contribution is -0.126. The van der Waals surface area contributed by atoms with Crippen molar-refractivity contribution in [3.63, 3.8) is 0 Å². The van der Waals surface area contributed by atoms with Gasteiger partial charge < -0.3 is 10.2 Å². The molecule has 1 atom stereocenters. The molecule has 1 saturated heterocycles. The Morgan fingerprint density at radius 3 is 2.83 bits per heavy atom. The highest BCUT2D eigenvalue weighted by atomic mass is 16.2. The van der Waals surface area contributed by atoms with Crippen molar-refractivity contribution in [1.29, 1.82) is 0 Å². The van der Waals surface area contributed by atoms with E-state index in [9.17, 15) is 9.59 Å². The lowest BCUT2D eigenvalue weighted by Crippen LogP contribution is -2.41. The Balaban J connectivity index is 1.52. The number of carbonyl (C=O) groups excluding carboxylic acids is 2. The second-order valence-electron chi connectivity index (χ2n) is 5.76. The summed E-state index contributed by atoms with van der Waals surface area (Å²) in [6.45, 7) is 0.605. The predicted molar refractivity (Wildman–Crippen MR) is 86.9 cm³/mol. The van der Waals surface area contributed by atoms with Crippen LogP contribution in [0.15, 0.2) is 42.7 Å². The molecule has 1 aromatic heterocycles. The minimum Gasteiger partial charge on any atom is -0.344 e. The van der Waals surface area contributed by atoms with Gasteiger partial charge in [-0.2, -0.15) is 5.10 Å². The van der Waals surface area contributed by atoms with Crippen LogP contribution in [0.25, 0.3) is 0 Å². The lowest BCUT2D eigenvalue weighted by Gasteiger charge is -2.15. The zero-order chi connectivity index (χ0) is 16.2. The third-order valence-electron chi connectivity index (χ3n) is 4.03. The molecular formula is C17H20N4O2. The molecule has 1 aliphatic heterocycles. The molecule has 2 amide bonds. The summed E-state index contributed by atoms with van der Waals surface area (Å²) < 4.78 is 1.66. The average molecular weight is 312 g/mol. The molecule has 23 heavy (non-hydrogen) atoms. The minimum atomic E-state index is -0.432. The van der Waals surface area contributed by atoms with Gasteiger partial charge in [0, 0.05) is 26.2 Å². The molecule has 0 aliphatic carbocycles. The number of aromatic nitrogens is 2. The van der Waals surface area contributed by atoms with E-state index in [-0.39, 0.29) is 11.8 Å². The number of hydrogen-bond acceptors (Lipinski definition) is 3. The molecule has 1 N–H and O–H groups in total. The summed E-state index contributed by atoms with van der Waals surface area (Å²) in [7, 11) is 1.81. The maximum Gasteiger partial charge on any atom is 0.249 e. The second-order valence-corrected chi connectivity index (χ2v) is 5.76. The van der Waals surface area contributed by atoms with Crippen LogP contribution in [-0.4, -0.2) is 34.2 Å². The largest absolute Gasteiger partial charge is 0.344 e. The van der Waals surface area contributed by atoms with E-state index >= 15 is 0 Å². The third-order valence-corrected chi connectivity index (χ3v) is 4.03. The first-order valence-corrected chi connectivity index (χ1v) is 7.77. The van der Waals surface area contributed by atoms with Gasteiger partial charge in [0.15, 0.2) is 0 Å². The van der Waals surface area contributed by atoms with E-state index in [4.69, 9.17) is 0 Å². The Hall–Kier alpha value is -2.63. The van der Waals surface area contributed by atoms with Crippen molar-refractivity contribution in [3.05, 3.63) is 48.3 Å². The molecule has 1 fully saturated rings. The van der Waals surface area contributed by atoms with Gasteiger partial charge in [0.25, 0.3) is 0 Å². The van der Waals surface area contributed by atoms with E-state index in [1.165, 1.54) is 0 Å². The number of aryl methyl sites for hydroxylation is 2. The first-order valence-electron chi connectivity index (χ1n) is 7.77. The molecule has 6 nitrogen and oxygen atoms in total. The van der Waals surface area contributed by atoms with E-state index in [1.54, 1.807) is 22.0 Å². The number of hydrogen-bond donors (Lipinski definition) is 1. The summed E-state index contributed by atoms with van der Waals surface area (Å²) in [5.41, 5.74) is 1.90. The Labute approximate surface area is 135 Å². The van der Waals surface area contributed by atoms with Crippen molar-refractivity contribution in [3.8, 4) is 0 Å². The molecule has 6 heteroatoms. The molecular weight excluding hydrogens is 292 g/mol. The van der Waals surface area contributed by atoms with Crippen LogP contribution in [0.2, 0.25) is 0 Å². The van der Waals surface area contributed by atoms with Crippen LogP contribution in [0.3, 0.4) is 0 Å². The van der Waals surface area contributed by atoms with Crippen LogP contribution in [0.1, 0.15) is 18.4 Å². The molecule has 3 rings (SSSR count). The fourth-order valence-electron chi connectivity index (χ4n) is 2.79. The standard InChI is InChI=1S/C17H20N4O2/c1-20-12-14(11-18-20)21-10-9-15(17(21)23)19-16(22)8-7-13-5-3-2-4-6-13/h2-6,11-12,15H,7-10H2,1H3,(H,19,22)/t15-/m0/s1. The highest BCUT2D eigenvalue weighted by Crippen LogP contribution is 2.20. The summed E-state index contributed by atoms with van der Waals surface area (Å²) in [5, 5.41) is 6.93. The quantitative estimate of drug-likeness (QED) is 0.904. The van der Waals surface area contributed by atoms with E-state index < -0.39 is 6.04 Å². The number of nitrogens with zero attached hydrogens (tertiary/aromatic N) is 3. The molecule has 0 spiro atoms. The fourth-order valence-corrected chi connectivity index (χ4v) is 2.79. The van der Waals surface area contributed by atoms with Crippen LogP contribution in [0, 0.1) is 0 Å². The molecule has 0 unspecified atom stereocenters. The van der Waals surface area contributed by atoms with Crippen LogP contribution in [0.5, 0.6) is 0 Å². The lowest BCUT2D eigenvalue weighted by atomic mass is 10.1. The summed E-state index contributed by atoms with van der Waals surface area (Å²) in [4.78, 5) is 26.1. The van der Waals surface area contributed by atoms with Gasteiger partial charge in [-0.05, 0) is 18.4 Å². The van der Waals surface area contributed by atoms with E-state index in [1.807, 2.05) is 37.4 Å². The molecule has 120 valence electrons. The Kier molecular flexibility index (Phi) is 4.41. The number of nitrogens with one attached hydrogen (secondary N) is 1. The predicted octanol–water partition coefficient (Wildman–Crippen LogP) is 1.27. The summed E-state index contributed by atoms with van der Waals surface area (Å²) >= 11 is 0. The van der Waals surface area contributed by atoms with Gasteiger partial charge in [0.05, 0.1) is 11.9 Å². The van der Waals surface area contributed by atoms with Crippen LogP contribution >= 0.6 is 0 Å². The maximum absolute atomic E-state index is 12.4. The Morgan fingerprint density at radius 2 is 2.13 bits per heavy atom.